The van der Waals surface area contributed by atoms with Gasteiger partial charge in [-0.1, -0.05) is 6.92 Å². The lowest BCUT2D eigenvalue weighted by atomic mass is 10.2. The third kappa shape index (κ3) is 2.97. The fourth-order valence-corrected chi connectivity index (χ4v) is 3.50. The van der Waals surface area contributed by atoms with E-state index in [0.29, 0.717) is 25.3 Å². The zero-order valence-electron chi connectivity index (χ0n) is 14.4. The second-order valence-electron chi connectivity index (χ2n) is 7.16. The average Bonchev–Trinajstić information content (AvgIpc) is 3.00. The van der Waals surface area contributed by atoms with Gasteiger partial charge in [-0.25, -0.2) is 0 Å². The summed E-state index contributed by atoms with van der Waals surface area (Å²) >= 11 is 0. The fourth-order valence-electron chi connectivity index (χ4n) is 3.50. The lowest BCUT2D eigenvalue weighted by molar-refractivity contribution is -0.130. The molecule has 2 atom stereocenters. The van der Waals surface area contributed by atoms with Crippen molar-refractivity contribution in [3.8, 4) is 0 Å². The molecule has 0 saturated heterocycles. The van der Waals surface area contributed by atoms with Gasteiger partial charge in [0.05, 0.1) is 6.54 Å². The Morgan fingerprint density at radius 2 is 2.25 bits per heavy atom. The Balaban J connectivity index is 1.30. The number of aryl methyl sites for hydroxylation is 2. The minimum Gasteiger partial charge on any atom is -0.466 e. The number of hydrogen-bond donors (Lipinski definition) is 0. The lowest BCUT2D eigenvalue weighted by Gasteiger charge is -2.16. The monoisotopic (exact) mass is 328 g/mol. The summed E-state index contributed by atoms with van der Waals surface area (Å²) in [7, 11) is 1.83. The number of carbonyl (C=O) groups excluding carboxylic acids is 1. The average molecular weight is 328 g/mol. The predicted octanol–water partition coefficient (Wildman–Crippen LogP) is 2.53. The van der Waals surface area contributed by atoms with Gasteiger partial charge >= 0.3 is 0 Å². The van der Waals surface area contributed by atoms with Gasteiger partial charge in [-0.2, -0.15) is 0 Å². The maximum atomic E-state index is 12.4. The molecular formula is C18H24N4O2. The van der Waals surface area contributed by atoms with E-state index in [2.05, 4.69) is 27.8 Å². The van der Waals surface area contributed by atoms with E-state index in [1.807, 2.05) is 13.1 Å². The molecule has 1 amide bonds. The first kappa shape index (κ1) is 15.4. The van der Waals surface area contributed by atoms with Gasteiger partial charge < -0.3 is 13.9 Å². The van der Waals surface area contributed by atoms with E-state index in [0.717, 1.165) is 48.5 Å². The molecule has 0 unspecified atom stereocenters. The van der Waals surface area contributed by atoms with E-state index in [4.69, 9.17) is 4.42 Å². The molecule has 6 heteroatoms. The highest BCUT2D eigenvalue weighted by atomic mass is 16.3. The molecular weight excluding hydrogens is 304 g/mol. The predicted molar refractivity (Wildman–Crippen MR) is 88.4 cm³/mol. The summed E-state index contributed by atoms with van der Waals surface area (Å²) in [5.74, 6) is 5.37. The second kappa shape index (κ2) is 6.07. The highest BCUT2D eigenvalue weighted by molar-refractivity contribution is 5.76. The maximum Gasteiger partial charge on any atom is 0.223 e. The molecule has 2 aromatic heterocycles. The van der Waals surface area contributed by atoms with E-state index in [9.17, 15) is 4.79 Å². The van der Waals surface area contributed by atoms with Gasteiger partial charge in [0.1, 0.15) is 17.3 Å². The van der Waals surface area contributed by atoms with Gasteiger partial charge in [-0.05, 0) is 30.9 Å². The molecule has 24 heavy (non-hydrogen) atoms. The first-order valence-corrected chi connectivity index (χ1v) is 8.85. The van der Waals surface area contributed by atoms with Crippen LogP contribution in [-0.4, -0.2) is 32.6 Å². The third-order valence-electron chi connectivity index (χ3n) is 5.23. The van der Waals surface area contributed by atoms with Crippen LogP contribution in [-0.2, 0) is 30.7 Å². The van der Waals surface area contributed by atoms with Crippen LogP contribution < -0.4 is 0 Å². The Bertz CT molecular complexity index is 748. The first-order chi connectivity index (χ1) is 11.6. The van der Waals surface area contributed by atoms with Crippen LogP contribution in [0.4, 0.5) is 0 Å². The van der Waals surface area contributed by atoms with Crippen molar-refractivity contribution in [2.45, 2.75) is 58.0 Å². The van der Waals surface area contributed by atoms with Crippen molar-refractivity contribution in [1.82, 2.24) is 19.7 Å². The zero-order valence-corrected chi connectivity index (χ0v) is 14.4. The highest BCUT2D eigenvalue weighted by Gasteiger charge is 2.36. The Hall–Kier alpha value is -2.11. The quantitative estimate of drug-likeness (QED) is 0.817. The summed E-state index contributed by atoms with van der Waals surface area (Å²) < 4.78 is 8.02. The fraction of sp³-hybridized carbons (Fsp3) is 0.611. The largest absolute Gasteiger partial charge is 0.466 e. The second-order valence-corrected chi connectivity index (χ2v) is 7.16. The van der Waals surface area contributed by atoms with E-state index in [1.165, 1.54) is 6.42 Å². The molecule has 3 heterocycles. The first-order valence-electron chi connectivity index (χ1n) is 8.85. The third-order valence-corrected chi connectivity index (χ3v) is 5.23. The van der Waals surface area contributed by atoms with E-state index in [-0.39, 0.29) is 5.91 Å². The number of hydrogen-bond acceptors (Lipinski definition) is 4. The maximum absolute atomic E-state index is 12.4. The summed E-state index contributed by atoms with van der Waals surface area (Å²) in [5, 5.41) is 8.41. The van der Waals surface area contributed by atoms with Crippen molar-refractivity contribution in [3.05, 3.63) is 35.3 Å². The number of furan rings is 1. The van der Waals surface area contributed by atoms with Crippen LogP contribution in [0.1, 0.15) is 55.3 Å². The Labute approximate surface area is 141 Å². The van der Waals surface area contributed by atoms with Crippen molar-refractivity contribution < 1.29 is 9.21 Å². The summed E-state index contributed by atoms with van der Waals surface area (Å²) in [4.78, 5) is 14.1. The molecule has 0 aromatic carbocycles. The number of rotatable bonds is 6. The normalized spacial score (nSPS) is 21.8. The van der Waals surface area contributed by atoms with Crippen molar-refractivity contribution in [1.29, 1.82) is 0 Å². The number of carbonyl (C=O) groups is 1. The zero-order chi connectivity index (χ0) is 16.7. The topological polar surface area (TPSA) is 64.2 Å². The van der Waals surface area contributed by atoms with Gasteiger partial charge in [0.15, 0.2) is 5.82 Å². The lowest BCUT2D eigenvalue weighted by Crippen LogP contribution is -2.27. The molecule has 6 nitrogen and oxygen atoms in total. The summed E-state index contributed by atoms with van der Waals surface area (Å²) in [6, 6.07) is 4.08. The van der Waals surface area contributed by atoms with Crippen LogP contribution in [0.5, 0.6) is 0 Å². The smallest absolute Gasteiger partial charge is 0.223 e. The van der Waals surface area contributed by atoms with E-state index >= 15 is 0 Å². The molecule has 1 fully saturated rings. The van der Waals surface area contributed by atoms with Crippen LogP contribution in [0.2, 0.25) is 0 Å². The highest BCUT2D eigenvalue weighted by Crippen LogP contribution is 2.47. The Kier molecular flexibility index (Phi) is 3.90. The van der Waals surface area contributed by atoms with Crippen molar-refractivity contribution in [2.75, 3.05) is 7.05 Å². The summed E-state index contributed by atoms with van der Waals surface area (Å²) in [5.41, 5.74) is 0. The SMILES string of the molecule is C[C@H]1C[C@@H]1c1ccc(CCC(=O)N(C)Cc2nnc3n2CCC3)o1. The van der Waals surface area contributed by atoms with Crippen LogP contribution >= 0.6 is 0 Å². The number of fused-ring (bicyclic) bond motifs is 1. The van der Waals surface area contributed by atoms with Crippen LogP contribution in [0.15, 0.2) is 16.5 Å². The summed E-state index contributed by atoms with van der Waals surface area (Å²) in [6.07, 6.45) is 4.45. The van der Waals surface area contributed by atoms with Crippen molar-refractivity contribution in [3.63, 3.8) is 0 Å². The Morgan fingerprint density at radius 1 is 1.42 bits per heavy atom. The molecule has 0 spiro atoms. The summed E-state index contributed by atoms with van der Waals surface area (Å²) in [6.45, 7) is 3.73. The van der Waals surface area contributed by atoms with Crippen molar-refractivity contribution >= 4 is 5.91 Å². The molecule has 2 aliphatic rings. The molecule has 2 aromatic rings. The van der Waals surface area contributed by atoms with Crippen LogP contribution in [0.3, 0.4) is 0 Å². The minimum absolute atomic E-state index is 0.114. The van der Waals surface area contributed by atoms with Gasteiger partial charge in [-0.3, -0.25) is 4.79 Å². The number of nitrogens with zero attached hydrogens (tertiary/aromatic N) is 4. The van der Waals surface area contributed by atoms with Gasteiger partial charge in [0, 0.05) is 38.8 Å². The molecule has 1 aliphatic heterocycles. The molecule has 128 valence electrons. The standard InChI is InChI=1S/C18H24N4O2/c1-12-10-14(12)15-7-5-13(24-15)6-8-18(23)21(2)11-17-20-19-16-4-3-9-22(16)17/h5,7,12,14H,3-4,6,8-11H2,1-2H3/t12-,14-/m0/s1. The van der Waals surface area contributed by atoms with E-state index < -0.39 is 0 Å². The van der Waals surface area contributed by atoms with Crippen LogP contribution in [0, 0.1) is 5.92 Å². The molecule has 4 rings (SSSR count). The Morgan fingerprint density at radius 3 is 3.04 bits per heavy atom. The van der Waals surface area contributed by atoms with Crippen molar-refractivity contribution in [2.24, 2.45) is 5.92 Å². The number of aromatic nitrogens is 3. The molecule has 1 saturated carbocycles. The molecule has 0 N–H and O–H groups in total. The minimum atomic E-state index is 0.114. The van der Waals surface area contributed by atoms with Gasteiger partial charge in [-0.15, -0.1) is 10.2 Å². The van der Waals surface area contributed by atoms with Gasteiger partial charge in [0.25, 0.3) is 0 Å². The van der Waals surface area contributed by atoms with Gasteiger partial charge in [0.2, 0.25) is 5.91 Å². The van der Waals surface area contributed by atoms with Crippen LogP contribution in [0.25, 0.3) is 0 Å². The number of amides is 1. The molecule has 0 bridgehead atoms. The molecule has 1 aliphatic carbocycles. The van der Waals surface area contributed by atoms with E-state index in [1.54, 1.807) is 4.90 Å². The molecule has 0 radical (unpaired) electrons.